The first-order chi connectivity index (χ1) is 12.0. The summed E-state index contributed by atoms with van der Waals surface area (Å²) in [6.45, 7) is 5.94. The first kappa shape index (κ1) is 17.8. The second-order valence-corrected chi connectivity index (χ2v) is 7.09. The number of hydrogen-bond acceptors (Lipinski definition) is 1. The largest absolute Gasteiger partial charge is 0.326 e. The summed E-state index contributed by atoms with van der Waals surface area (Å²) in [4.78, 5) is 15.9. The molecule has 0 radical (unpaired) electrons. The van der Waals surface area contributed by atoms with Gasteiger partial charge in [-0.1, -0.05) is 43.6 Å². The van der Waals surface area contributed by atoms with Crippen molar-refractivity contribution in [2.24, 2.45) is 0 Å². The predicted octanol–water partition coefficient (Wildman–Crippen LogP) is 5.78. The van der Waals surface area contributed by atoms with Gasteiger partial charge in [0, 0.05) is 30.8 Å². The van der Waals surface area contributed by atoms with Crippen LogP contribution in [0.5, 0.6) is 0 Å². The van der Waals surface area contributed by atoms with Crippen LogP contribution in [0.1, 0.15) is 38.2 Å². The molecule has 0 aromatic heterocycles. The topological polar surface area (TPSA) is 23.6 Å². The Bertz CT molecular complexity index is 770. The van der Waals surface area contributed by atoms with Crippen molar-refractivity contribution in [3.05, 3.63) is 53.1 Å². The number of anilines is 1. The molecule has 0 N–H and O–H groups in total. The molecule has 0 saturated carbocycles. The molecule has 1 aliphatic heterocycles. The fraction of sp³-hybridized carbons (Fsp3) is 0.381. The van der Waals surface area contributed by atoms with Crippen LogP contribution in [0.15, 0.2) is 42.5 Å². The number of amides is 2. The van der Waals surface area contributed by atoms with E-state index in [-0.39, 0.29) is 6.03 Å². The minimum absolute atomic E-state index is 0.0588. The van der Waals surface area contributed by atoms with E-state index in [1.165, 1.54) is 11.1 Å². The third kappa shape index (κ3) is 3.52. The van der Waals surface area contributed by atoms with Gasteiger partial charge in [-0.3, -0.25) is 4.90 Å². The number of likely N-dealkylation sites (N-methyl/N-ethyl adjacent to an activating group) is 1. The van der Waals surface area contributed by atoms with Gasteiger partial charge >= 0.3 is 6.03 Å². The van der Waals surface area contributed by atoms with Crippen molar-refractivity contribution in [3.8, 4) is 11.1 Å². The van der Waals surface area contributed by atoms with E-state index in [1.54, 1.807) is 4.90 Å². The van der Waals surface area contributed by atoms with E-state index in [0.29, 0.717) is 5.92 Å². The van der Waals surface area contributed by atoms with Crippen LogP contribution >= 0.6 is 11.6 Å². The normalized spacial score (nSPS) is 14.7. The number of halogens is 1. The van der Waals surface area contributed by atoms with Crippen LogP contribution < -0.4 is 4.90 Å². The molecular formula is C21H25ClN2O. The van der Waals surface area contributed by atoms with Crippen LogP contribution in [0.4, 0.5) is 10.5 Å². The number of benzene rings is 2. The molecule has 25 heavy (non-hydrogen) atoms. The van der Waals surface area contributed by atoms with Gasteiger partial charge in [-0.2, -0.15) is 0 Å². The van der Waals surface area contributed by atoms with Crippen LogP contribution in [-0.2, 0) is 0 Å². The molecule has 2 aromatic rings. The Hall–Kier alpha value is -2.00. The quantitative estimate of drug-likeness (QED) is 0.665. The van der Waals surface area contributed by atoms with E-state index < -0.39 is 0 Å². The number of carbonyl (C=O) groups is 1. The van der Waals surface area contributed by atoms with Crippen LogP contribution in [0.25, 0.3) is 11.1 Å². The standard InChI is InChI=1S/C21H25ClN2O/c1-4-15(5-2)19-10-9-17(22)14-20(19)16-7-6-8-18(13-16)24-12-11-23(3)21(24)25/h6-10,13-15H,4-5,11-12H2,1-3H3. The monoisotopic (exact) mass is 356 g/mol. The van der Waals surface area contributed by atoms with E-state index >= 15 is 0 Å². The minimum Gasteiger partial charge on any atom is -0.326 e. The molecule has 1 fully saturated rings. The van der Waals surface area contributed by atoms with Crippen LogP contribution in [0.3, 0.4) is 0 Å². The summed E-state index contributed by atoms with van der Waals surface area (Å²) < 4.78 is 0. The maximum atomic E-state index is 12.3. The Kier molecular flexibility index (Phi) is 5.33. The summed E-state index contributed by atoms with van der Waals surface area (Å²) in [5.74, 6) is 0.510. The molecule has 2 amide bonds. The third-order valence-electron chi connectivity index (χ3n) is 5.13. The smallest absolute Gasteiger partial charge is 0.324 e. The van der Waals surface area contributed by atoms with Gasteiger partial charge in [0.2, 0.25) is 0 Å². The molecule has 1 heterocycles. The average Bonchev–Trinajstić information content (AvgIpc) is 2.96. The molecule has 3 nitrogen and oxygen atoms in total. The van der Waals surface area contributed by atoms with E-state index in [4.69, 9.17) is 11.6 Å². The lowest BCUT2D eigenvalue weighted by Crippen LogP contribution is -2.29. The molecule has 1 saturated heterocycles. The lowest BCUT2D eigenvalue weighted by Gasteiger charge is -2.20. The molecule has 2 aromatic carbocycles. The van der Waals surface area contributed by atoms with E-state index in [0.717, 1.165) is 42.2 Å². The molecule has 3 rings (SSSR count). The first-order valence-electron chi connectivity index (χ1n) is 8.97. The van der Waals surface area contributed by atoms with Gasteiger partial charge in [0.1, 0.15) is 0 Å². The third-order valence-corrected chi connectivity index (χ3v) is 5.36. The maximum Gasteiger partial charge on any atom is 0.324 e. The van der Waals surface area contributed by atoms with Gasteiger partial charge in [0.05, 0.1) is 0 Å². The highest BCUT2D eigenvalue weighted by Crippen LogP contribution is 2.36. The van der Waals surface area contributed by atoms with E-state index in [2.05, 4.69) is 32.0 Å². The zero-order valence-electron chi connectivity index (χ0n) is 15.1. The summed E-state index contributed by atoms with van der Waals surface area (Å²) in [5, 5.41) is 0.743. The molecule has 0 unspecified atom stereocenters. The summed E-state index contributed by atoms with van der Waals surface area (Å²) in [5.41, 5.74) is 4.56. The van der Waals surface area contributed by atoms with Crippen molar-refractivity contribution < 1.29 is 4.79 Å². The molecule has 4 heteroatoms. The summed E-state index contributed by atoms with van der Waals surface area (Å²) in [6.07, 6.45) is 2.19. The van der Waals surface area contributed by atoms with Gasteiger partial charge in [-0.25, -0.2) is 4.79 Å². The van der Waals surface area contributed by atoms with Gasteiger partial charge in [0.25, 0.3) is 0 Å². The van der Waals surface area contributed by atoms with Gasteiger partial charge < -0.3 is 4.90 Å². The SMILES string of the molecule is CCC(CC)c1ccc(Cl)cc1-c1cccc(N2CCN(C)C2=O)c1. The van der Waals surface area contributed by atoms with E-state index in [1.807, 2.05) is 36.2 Å². The van der Waals surface area contributed by atoms with Crippen molar-refractivity contribution in [2.45, 2.75) is 32.6 Å². The van der Waals surface area contributed by atoms with Crippen molar-refractivity contribution in [1.82, 2.24) is 4.90 Å². The number of hydrogen-bond donors (Lipinski definition) is 0. The van der Waals surface area contributed by atoms with Crippen molar-refractivity contribution in [2.75, 3.05) is 25.0 Å². The summed E-state index contributed by atoms with van der Waals surface area (Å²) >= 11 is 6.30. The molecule has 132 valence electrons. The zero-order valence-corrected chi connectivity index (χ0v) is 15.9. The molecular weight excluding hydrogens is 332 g/mol. The van der Waals surface area contributed by atoms with Crippen molar-refractivity contribution >= 4 is 23.3 Å². The van der Waals surface area contributed by atoms with Crippen LogP contribution in [0.2, 0.25) is 5.02 Å². The van der Waals surface area contributed by atoms with Crippen LogP contribution in [-0.4, -0.2) is 31.1 Å². The lowest BCUT2D eigenvalue weighted by molar-refractivity contribution is 0.229. The van der Waals surface area contributed by atoms with Gasteiger partial charge in [-0.05, 0) is 59.7 Å². The highest BCUT2D eigenvalue weighted by molar-refractivity contribution is 6.30. The molecule has 0 bridgehead atoms. The summed E-state index contributed by atoms with van der Waals surface area (Å²) in [7, 11) is 1.84. The number of carbonyl (C=O) groups excluding carboxylic acids is 1. The Labute approximate surface area is 155 Å². The molecule has 1 aliphatic rings. The van der Waals surface area contributed by atoms with Gasteiger partial charge in [0.15, 0.2) is 0 Å². The van der Waals surface area contributed by atoms with Crippen molar-refractivity contribution in [1.29, 1.82) is 0 Å². The fourth-order valence-corrected chi connectivity index (χ4v) is 3.76. The lowest BCUT2D eigenvalue weighted by atomic mass is 9.87. The second kappa shape index (κ2) is 7.49. The van der Waals surface area contributed by atoms with Crippen LogP contribution in [0, 0.1) is 0 Å². The second-order valence-electron chi connectivity index (χ2n) is 6.65. The average molecular weight is 357 g/mol. The van der Waals surface area contributed by atoms with Gasteiger partial charge in [-0.15, -0.1) is 0 Å². The number of urea groups is 1. The Morgan fingerprint density at radius 2 is 1.84 bits per heavy atom. The number of nitrogens with zero attached hydrogens (tertiary/aromatic N) is 2. The predicted molar refractivity (Wildman–Crippen MR) is 106 cm³/mol. The molecule has 0 aliphatic carbocycles. The fourth-order valence-electron chi connectivity index (χ4n) is 3.59. The van der Waals surface area contributed by atoms with E-state index in [9.17, 15) is 4.79 Å². The first-order valence-corrected chi connectivity index (χ1v) is 9.35. The Morgan fingerprint density at radius 3 is 2.48 bits per heavy atom. The Balaban J connectivity index is 2.04. The zero-order chi connectivity index (χ0) is 18.0. The minimum atomic E-state index is 0.0588. The molecule has 0 spiro atoms. The molecule has 0 atom stereocenters. The van der Waals surface area contributed by atoms with Crippen molar-refractivity contribution in [3.63, 3.8) is 0 Å². The number of rotatable bonds is 5. The summed E-state index contributed by atoms with van der Waals surface area (Å²) in [6, 6.07) is 14.5. The highest BCUT2D eigenvalue weighted by atomic mass is 35.5. The Morgan fingerprint density at radius 1 is 1.08 bits per heavy atom. The maximum absolute atomic E-state index is 12.3. The highest BCUT2D eigenvalue weighted by Gasteiger charge is 2.26.